The Morgan fingerprint density at radius 3 is 2.83 bits per heavy atom. The SMILES string of the molecule is NNC(c1ccc2c(c1)OCCO2)c1cn[nH]n1. The first kappa shape index (κ1) is 11.0. The monoisotopic (exact) mass is 247 g/mol. The van der Waals surface area contributed by atoms with Gasteiger partial charge in [0, 0.05) is 0 Å². The predicted octanol–water partition coefficient (Wildman–Crippen LogP) is 0.129. The number of fused-ring (bicyclic) bond motifs is 1. The molecule has 0 spiro atoms. The number of nitrogens with zero attached hydrogens (tertiary/aromatic N) is 2. The summed E-state index contributed by atoms with van der Waals surface area (Å²) in [4.78, 5) is 0. The number of nitrogens with two attached hydrogens (primary N) is 1. The van der Waals surface area contributed by atoms with Gasteiger partial charge in [0.05, 0.1) is 12.2 Å². The zero-order valence-corrected chi connectivity index (χ0v) is 9.59. The van der Waals surface area contributed by atoms with Gasteiger partial charge in [0.25, 0.3) is 0 Å². The highest BCUT2D eigenvalue weighted by Crippen LogP contribution is 2.33. The molecule has 0 aliphatic carbocycles. The Kier molecular flexibility index (Phi) is 2.83. The molecule has 1 aliphatic rings. The molecule has 0 saturated carbocycles. The van der Waals surface area contributed by atoms with Crippen molar-refractivity contribution in [1.29, 1.82) is 0 Å². The van der Waals surface area contributed by atoms with Crippen LogP contribution >= 0.6 is 0 Å². The first-order valence-electron chi connectivity index (χ1n) is 5.60. The minimum Gasteiger partial charge on any atom is -0.486 e. The third kappa shape index (κ3) is 1.89. The minimum absolute atomic E-state index is 0.237. The normalized spacial score (nSPS) is 15.4. The lowest BCUT2D eigenvalue weighted by Gasteiger charge is -2.21. The molecule has 0 amide bonds. The van der Waals surface area contributed by atoms with Gasteiger partial charge in [0.15, 0.2) is 11.5 Å². The van der Waals surface area contributed by atoms with E-state index in [9.17, 15) is 0 Å². The minimum atomic E-state index is -0.237. The zero-order valence-electron chi connectivity index (χ0n) is 9.59. The lowest BCUT2D eigenvalue weighted by molar-refractivity contribution is 0.171. The third-order valence-electron chi connectivity index (χ3n) is 2.80. The molecule has 1 aliphatic heterocycles. The van der Waals surface area contributed by atoms with Crippen molar-refractivity contribution in [3.05, 3.63) is 35.7 Å². The highest BCUT2D eigenvalue weighted by atomic mass is 16.6. The first-order chi connectivity index (χ1) is 8.88. The smallest absolute Gasteiger partial charge is 0.161 e. The highest BCUT2D eigenvalue weighted by Gasteiger charge is 2.19. The maximum absolute atomic E-state index is 5.57. The second-order valence-corrected chi connectivity index (χ2v) is 3.90. The van der Waals surface area contributed by atoms with Gasteiger partial charge in [-0.05, 0) is 17.7 Å². The van der Waals surface area contributed by atoms with Crippen molar-refractivity contribution in [2.45, 2.75) is 6.04 Å². The van der Waals surface area contributed by atoms with E-state index in [2.05, 4.69) is 20.8 Å². The van der Waals surface area contributed by atoms with Crippen LogP contribution in [-0.4, -0.2) is 28.6 Å². The zero-order chi connectivity index (χ0) is 12.4. The van der Waals surface area contributed by atoms with E-state index >= 15 is 0 Å². The Balaban J connectivity index is 1.95. The molecule has 0 radical (unpaired) electrons. The lowest BCUT2D eigenvalue weighted by atomic mass is 10.0. The van der Waals surface area contributed by atoms with Crippen molar-refractivity contribution in [1.82, 2.24) is 20.8 Å². The molecular formula is C11H13N5O2. The van der Waals surface area contributed by atoms with E-state index in [4.69, 9.17) is 15.3 Å². The van der Waals surface area contributed by atoms with Crippen LogP contribution in [0.3, 0.4) is 0 Å². The van der Waals surface area contributed by atoms with Crippen molar-refractivity contribution in [2.24, 2.45) is 5.84 Å². The number of ether oxygens (including phenoxy) is 2. The number of hydrogen-bond donors (Lipinski definition) is 3. The van der Waals surface area contributed by atoms with Crippen LogP contribution in [0.2, 0.25) is 0 Å². The van der Waals surface area contributed by atoms with Gasteiger partial charge in [-0.3, -0.25) is 5.84 Å². The van der Waals surface area contributed by atoms with Gasteiger partial charge in [-0.2, -0.15) is 15.4 Å². The average molecular weight is 247 g/mol. The highest BCUT2D eigenvalue weighted by molar-refractivity contribution is 5.45. The van der Waals surface area contributed by atoms with E-state index in [1.165, 1.54) is 0 Å². The van der Waals surface area contributed by atoms with Crippen molar-refractivity contribution >= 4 is 0 Å². The molecule has 0 fully saturated rings. The van der Waals surface area contributed by atoms with Crippen LogP contribution in [0, 0.1) is 0 Å². The Hall–Kier alpha value is -2.12. The van der Waals surface area contributed by atoms with E-state index < -0.39 is 0 Å². The number of hydrazine groups is 1. The van der Waals surface area contributed by atoms with Gasteiger partial charge in [0.2, 0.25) is 0 Å². The van der Waals surface area contributed by atoms with Crippen molar-refractivity contribution in [3.63, 3.8) is 0 Å². The van der Waals surface area contributed by atoms with E-state index in [0.717, 1.165) is 17.1 Å². The second-order valence-electron chi connectivity index (χ2n) is 3.90. The topological polar surface area (TPSA) is 98.1 Å². The molecule has 7 heteroatoms. The van der Waals surface area contributed by atoms with Gasteiger partial charge >= 0.3 is 0 Å². The molecule has 1 atom stereocenters. The molecule has 1 unspecified atom stereocenters. The fraction of sp³-hybridized carbons (Fsp3) is 0.273. The van der Waals surface area contributed by atoms with E-state index in [0.29, 0.717) is 18.9 Å². The summed E-state index contributed by atoms with van der Waals surface area (Å²) in [5.41, 5.74) is 4.37. The van der Waals surface area contributed by atoms with Gasteiger partial charge in [-0.25, -0.2) is 5.43 Å². The standard InChI is InChI=1S/C11H13N5O2/c12-14-11(8-6-13-16-15-8)7-1-2-9-10(5-7)18-4-3-17-9/h1-2,5-6,11,14H,3-4,12H2,(H,13,15,16). The maximum atomic E-state index is 5.57. The van der Waals surface area contributed by atoms with Gasteiger partial charge < -0.3 is 9.47 Å². The van der Waals surface area contributed by atoms with Crippen LogP contribution in [0.4, 0.5) is 0 Å². The molecule has 0 bridgehead atoms. The number of aromatic nitrogens is 3. The Bertz CT molecular complexity index is 528. The van der Waals surface area contributed by atoms with Crippen molar-refractivity contribution < 1.29 is 9.47 Å². The van der Waals surface area contributed by atoms with Crippen LogP contribution in [-0.2, 0) is 0 Å². The number of aromatic amines is 1. The van der Waals surface area contributed by atoms with Crippen LogP contribution in [0.25, 0.3) is 0 Å². The molecule has 94 valence electrons. The lowest BCUT2D eigenvalue weighted by Crippen LogP contribution is -2.29. The van der Waals surface area contributed by atoms with Crippen LogP contribution < -0.4 is 20.7 Å². The summed E-state index contributed by atoms with van der Waals surface area (Å²) in [6, 6.07) is 5.45. The van der Waals surface area contributed by atoms with Crippen molar-refractivity contribution in [2.75, 3.05) is 13.2 Å². The molecule has 2 aromatic rings. The second kappa shape index (κ2) is 4.63. The summed E-state index contributed by atoms with van der Waals surface area (Å²) in [5.74, 6) is 7.04. The number of H-pyrrole nitrogens is 1. The summed E-state index contributed by atoms with van der Waals surface area (Å²) in [6.45, 7) is 1.13. The molecule has 2 heterocycles. The summed E-state index contributed by atoms with van der Waals surface area (Å²) < 4.78 is 11.0. The van der Waals surface area contributed by atoms with Crippen LogP contribution in [0.1, 0.15) is 17.3 Å². The maximum Gasteiger partial charge on any atom is 0.161 e. The molecule has 1 aromatic heterocycles. The van der Waals surface area contributed by atoms with Crippen LogP contribution in [0.5, 0.6) is 11.5 Å². The molecule has 4 N–H and O–H groups in total. The summed E-state index contributed by atoms with van der Waals surface area (Å²) >= 11 is 0. The van der Waals surface area contributed by atoms with Crippen molar-refractivity contribution in [3.8, 4) is 11.5 Å². The summed E-state index contributed by atoms with van der Waals surface area (Å²) in [5, 5.41) is 10.4. The van der Waals surface area contributed by atoms with Gasteiger partial charge in [-0.15, -0.1) is 0 Å². The third-order valence-corrected chi connectivity index (χ3v) is 2.80. The molecule has 1 aromatic carbocycles. The molecule has 0 saturated heterocycles. The largest absolute Gasteiger partial charge is 0.486 e. The first-order valence-corrected chi connectivity index (χ1v) is 5.60. The van der Waals surface area contributed by atoms with E-state index in [1.54, 1.807) is 6.20 Å². The Morgan fingerprint density at radius 1 is 1.28 bits per heavy atom. The fourth-order valence-corrected chi connectivity index (χ4v) is 1.94. The van der Waals surface area contributed by atoms with Gasteiger partial charge in [0.1, 0.15) is 18.9 Å². The number of nitrogens with one attached hydrogen (secondary N) is 2. The quantitative estimate of drug-likeness (QED) is 0.526. The Morgan fingerprint density at radius 2 is 2.11 bits per heavy atom. The predicted molar refractivity (Wildman–Crippen MR) is 63.0 cm³/mol. The molecular weight excluding hydrogens is 234 g/mol. The number of hydrogen-bond acceptors (Lipinski definition) is 6. The number of rotatable bonds is 3. The van der Waals surface area contributed by atoms with Crippen LogP contribution in [0.15, 0.2) is 24.4 Å². The number of benzene rings is 1. The molecule has 18 heavy (non-hydrogen) atoms. The molecule has 3 rings (SSSR count). The summed E-state index contributed by atoms with van der Waals surface area (Å²) in [6.07, 6.45) is 1.63. The average Bonchev–Trinajstić information content (AvgIpc) is 2.93. The fourth-order valence-electron chi connectivity index (χ4n) is 1.94. The molecule has 7 nitrogen and oxygen atoms in total. The van der Waals surface area contributed by atoms with E-state index in [1.807, 2.05) is 18.2 Å². The Labute approximate surface area is 103 Å². The van der Waals surface area contributed by atoms with Gasteiger partial charge in [-0.1, -0.05) is 6.07 Å². The summed E-state index contributed by atoms with van der Waals surface area (Å²) in [7, 11) is 0. The van der Waals surface area contributed by atoms with E-state index in [-0.39, 0.29) is 6.04 Å².